The number of amides is 1. The lowest BCUT2D eigenvalue weighted by Gasteiger charge is -2.12. The fourth-order valence-corrected chi connectivity index (χ4v) is 1.91. The van der Waals surface area contributed by atoms with Gasteiger partial charge in [-0.25, -0.2) is 9.59 Å². The van der Waals surface area contributed by atoms with Gasteiger partial charge in [0.1, 0.15) is 0 Å². The smallest absolute Gasteiger partial charge is 0.471 e. The lowest BCUT2D eigenvalue weighted by atomic mass is 10.0. The molecule has 2 aromatic carbocycles. The van der Waals surface area contributed by atoms with Crippen LogP contribution in [-0.4, -0.2) is 34.2 Å². The third-order valence-electron chi connectivity index (χ3n) is 2.95. The number of carboxylic acids is 2. The van der Waals surface area contributed by atoms with Crippen LogP contribution in [0.1, 0.15) is 20.7 Å². The Morgan fingerprint density at radius 1 is 0.913 bits per heavy atom. The van der Waals surface area contributed by atoms with E-state index in [4.69, 9.17) is 10.2 Å². The van der Waals surface area contributed by atoms with Gasteiger partial charge in [-0.3, -0.25) is 4.79 Å². The summed E-state index contributed by atoms with van der Waals surface area (Å²) in [5.41, 5.74) is -1.01. The van der Waals surface area contributed by atoms with Gasteiger partial charge in [-0.15, -0.1) is 0 Å². The summed E-state index contributed by atoms with van der Waals surface area (Å²) >= 11 is 0. The summed E-state index contributed by atoms with van der Waals surface area (Å²) in [6, 6.07) is 5.46. The molecule has 23 heavy (non-hydrogen) atoms. The minimum atomic E-state index is -5.17. The van der Waals surface area contributed by atoms with E-state index >= 15 is 0 Å². The maximum absolute atomic E-state index is 12.4. The summed E-state index contributed by atoms with van der Waals surface area (Å²) in [6.45, 7) is 0. The zero-order valence-corrected chi connectivity index (χ0v) is 11.1. The van der Waals surface area contributed by atoms with Gasteiger partial charge in [0.05, 0.1) is 11.1 Å². The molecule has 0 atom stereocenters. The number of nitrogens with one attached hydrogen (secondary N) is 1. The number of hydrogen-bond acceptors (Lipinski definition) is 3. The Morgan fingerprint density at radius 2 is 1.52 bits per heavy atom. The van der Waals surface area contributed by atoms with Crippen molar-refractivity contribution in [3.63, 3.8) is 0 Å². The number of carbonyl (C=O) groups excluding carboxylic acids is 1. The first kappa shape index (κ1) is 16.3. The first-order valence-corrected chi connectivity index (χ1v) is 6.02. The normalized spacial score (nSPS) is 11.3. The molecular formula is C14H8F3NO5. The molecule has 0 aliphatic heterocycles. The highest BCUT2D eigenvalue weighted by molar-refractivity contribution is 6.08. The molecule has 2 aromatic rings. The van der Waals surface area contributed by atoms with E-state index in [1.807, 2.05) is 0 Å². The molecule has 2 rings (SSSR count). The second-order valence-electron chi connectivity index (χ2n) is 4.52. The molecular weight excluding hydrogens is 319 g/mol. The number of fused-ring (bicyclic) bond motifs is 1. The molecule has 0 aromatic heterocycles. The lowest BCUT2D eigenvalue weighted by molar-refractivity contribution is -0.167. The van der Waals surface area contributed by atoms with E-state index in [0.29, 0.717) is 0 Å². The number of halogens is 3. The third kappa shape index (κ3) is 3.39. The van der Waals surface area contributed by atoms with Crippen molar-refractivity contribution in [3.8, 4) is 0 Å². The Morgan fingerprint density at radius 3 is 2.04 bits per heavy atom. The Hall–Kier alpha value is -3.10. The summed E-state index contributed by atoms with van der Waals surface area (Å²) in [4.78, 5) is 33.1. The number of alkyl halides is 3. The maximum atomic E-state index is 12.4. The minimum Gasteiger partial charge on any atom is -0.478 e. The summed E-state index contributed by atoms with van der Waals surface area (Å²) < 4.78 is 37.1. The summed E-state index contributed by atoms with van der Waals surface area (Å²) in [6.07, 6.45) is -5.17. The van der Waals surface area contributed by atoms with Gasteiger partial charge in [0.25, 0.3) is 0 Å². The molecule has 9 heteroatoms. The van der Waals surface area contributed by atoms with E-state index < -0.39 is 29.7 Å². The predicted molar refractivity (Wildman–Crippen MR) is 72.6 cm³/mol. The largest absolute Gasteiger partial charge is 0.478 e. The fourth-order valence-electron chi connectivity index (χ4n) is 1.91. The van der Waals surface area contributed by atoms with E-state index in [1.54, 1.807) is 5.32 Å². The highest BCUT2D eigenvalue weighted by Crippen LogP contribution is 2.29. The van der Waals surface area contributed by atoms with Gasteiger partial charge in [-0.05, 0) is 29.7 Å². The average molecular weight is 327 g/mol. The lowest BCUT2D eigenvalue weighted by Crippen LogP contribution is -2.30. The predicted octanol–water partition coefficient (Wildman–Crippen LogP) is 2.74. The summed E-state index contributed by atoms with van der Waals surface area (Å²) in [7, 11) is 0. The van der Waals surface area contributed by atoms with Crippen molar-refractivity contribution in [1.29, 1.82) is 0 Å². The molecule has 0 fully saturated rings. The van der Waals surface area contributed by atoms with E-state index in [-0.39, 0.29) is 21.9 Å². The Bertz CT molecular complexity index is 829. The van der Waals surface area contributed by atoms with Gasteiger partial charge >= 0.3 is 24.0 Å². The number of carboxylic acid groups (broad SMARTS) is 2. The molecule has 0 spiro atoms. The zero-order chi connectivity index (χ0) is 17.4. The second-order valence-corrected chi connectivity index (χ2v) is 4.52. The maximum Gasteiger partial charge on any atom is 0.471 e. The molecule has 6 nitrogen and oxygen atoms in total. The van der Waals surface area contributed by atoms with Crippen LogP contribution in [-0.2, 0) is 4.79 Å². The van der Waals surface area contributed by atoms with E-state index in [9.17, 15) is 27.6 Å². The Labute approximate surface area is 126 Å². The standard InChI is InChI=1S/C14H8F3NO5/c15-14(16,17)13(23)18-10-5-8(12(21)22)3-6-1-2-7(11(19)20)4-9(6)10/h1-5H,(H,18,23)(H,19,20)(H,21,22). The van der Waals surface area contributed by atoms with Crippen molar-refractivity contribution in [1.82, 2.24) is 0 Å². The van der Waals surface area contributed by atoms with Gasteiger partial charge in [0.15, 0.2) is 0 Å². The van der Waals surface area contributed by atoms with Gasteiger partial charge in [0, 0.05) is 11.1 Å². The number of hydrogen-bond donors (Lipinski definition) is 3. The molecule has 0 heterocycles. The highest BCUT2D eigenvalue weighted by atomic mass is 19.4. The van der Waals surface area contributed by atoms with Crippen LogP contribution in [0.15, 0.2) is 30.3 Å². The molecule has 0 unspecified atom stereocenters. The Kier molecular flexibility index (Phi) is 3.96. The first-order chi connectivity index (χ1) is 10.6. The van der Waals surface area contributed by atoms with Crippen LogP contribution in [0.4, 0.5) is 18.9 Å². The van der Waals surface area contributed by atoms with Crippen molar-refractivity contribution in [3.05, 3.63) is 41.5 Å². The van der Waals surface area contributed by atoms with Crippen LogP contribution < -0.4 is 5.32 Å². The quantitative estimate of drug-likeness (QED) is 0.804. The van der Waals surface area contributed by atoms with E-state index in [1.165, 1.54) is 12.1 Å². The number of rotatable bonds is 3. The number of benzene rings is 2. The molecule has 0 radical (unpaired) electrons. The summed E-state index contributed by atoms with van der Waals surface area (Å²) in [5, 5.41) is 19.6. The number of aromatic carboxylic acids is 2. The van der Waals surface area contributed by atoms with Crippen LogP contribution in [0.3, 0.4) is 0 Å². The molecule has 3 N–H and O–H groups in total. The zero-order valence-electron chi connectivity index (χ0n) is 11.1. The second kappa shape index (κ2) is 5.59. The van der Waals surface area contributed by atoms with Crippen LogP contribution in [0.5, 0.6) is 0 Å². The topological polar surface area (TPSA) is 104 Å². The van der Waals surface area contributed by atoms with Gasteiger partial charge in [-0.2, -0.15) is 13.2 Å². The van der Waals surface area contributed by atoms with Crippen molar-refractivity contribution >= 4 is 34.3 Å². The minimum absolute atomic E-state index is 0.0208. The third-order valence-corrected chi connectivity index (χ3v) is 2.95. The fraction of sp³-hybridized carbons (Fsp3) is 0.0714. The van der Waals surface area contributed by atoms with E-state index in [0.717, 1.165) is 18.2 Å². The highest BCUT2D eigenvalue weighted by Gasteiger charge is 2.39. The molecule has 0 saturated heterocycles. The van der Waals surface area contributed by atoms with Crippen LogP contribution in [0.2, 0.25) is 0 Å². The molecule has 0 bridgehead atoms. The first-order valence-electron chi connectivity index (χ1n) is 6.02. The number of carbonyl (C=O) groups is 3. The molecule has 1 amide bonds. The van der Waals surface area contributed by atoms with Gasteiger partial charge in [-0.1, -0.05) is 6.07 Å². The van der Waals surface area contributed by atoms with Crippen LogP contribution >= 0.6 is 0 Å². The summed E-state index contributed by atoms with van der Waals surface area (Å²) in [5.74, 6) is -5.01. The Balaban J connectivity index is 2.66. The van der Waals surface area contributed by atoms with E-state index in [2.05, 4.69) is 0 Å². The average Bonchev–Trinajstić information content (AvgIpc) is 2.45. The number of anilines is 1. The van der Waals surface area contributed by atoms with Crippen LogP contribution in [0.25, 0.3) is 10.8 Å². The molecule has 0 aliphatic carbocycles. The van der Waals surface area contributed by atoms with Crippen molar-refractivity contribution in [2.45, 2.75) is 6.18 Å². The van der Waals surface area contributed by atoms with Crippen LogP contribution in [0, 0.1) is 0 Å². The van der Waals surface area contributed by atoms with Crippen molar-refractivity contribution in [2.24, 2.45) is 0 Å². The molecule has 0 saturated carbocycles. The van der Waals surface area contributed by atoms with Gasteiger partial charge < -0.3 is 15.5 Å². The van der Waals surface area contributed by atoms with Crippen molar-refractivity contribution < 1.29 is 37.8 Å². The monoisotopic (exact) mass is 327 g/mol. The SMILES string of the molecule is O=C(O)c1cc(NC(=O)C(F)(F)F)c2cc(C(=O)O)ccc2c1. The molecule has 0 aliphatic rings. The van der Waals surface area contributed by atoms with Gasteiger partial charge in [0.2, 0.25) is 0 Å². The van der Waals surface area contributed by atoms with Crippen molar-refractivity contribution in [2.75, 3.05) is 5.32 Å². The molecule has 120 valence electrons.